The predicted octanol–water partition coefficient (Wildman–Crippen LogP) is 6.83. The van der Waals surface area contributed by atoms with Gasteiger partial charge in [-0.15, -0.1) is 0 Å². The maximum Gasteiger partial charge on any atom is 0.180 e. The van der Waals surface area contributed by atoms with Crippen LogP contribution in [0.3, 0.4) is 0 Å². The van der Waals surface area contributed by atoms with Gasteiger partial charge in [0.1, 0.15) is 12.4 Å². The van der Waals surface area contributed by atoms with Gasteiger partial charge in [0.2, 0.25) is 0 Å². The molecular weight excluding hydrogens is 401 g/mol. The van der Waals surface area contributed by atoms with Crippen molar-refractivity contribution < 1.29 is 13.9 Å². The molecule has 3 aromatic carbocycles. The van der Waals surface area contributed by atoms with E-state index >= 15 is 0 Å². The number of benzene rings is 3. The van der Waals surface area contributed by atoms with Crippen LogP contribution in [0, 0.1) is 24.1 Å². The van der Waals surface area contributed by atoms with Gasteiger partial charge >= 0.3 is 0 Å². The molecule has 3 rings (SSSR count). The number of hydrogen-bond donors (Lipinski definition) is 0. The molecular formula is C25H21ClFNO2. The third-order valence-corrected chi connectivity index (χ3v) is 4.71. The Morgan fingerprint density at radius 3 is 2.50 bits per heavy atom. The summed E-state index contributed by atoms with van der Waals surface area (Å²) < 4.78 is 25.7. The number of nitrogens with zero attached hydrogens (tertiary/aromatic N) is 1. The van der Waals surface area contributed by atoms with Gasteiger partial charge in [-0.1, -0.05) is 59.6 Å². The number of halogens is 2. The third kappa shape index (κ3) is 5.20. The first-order valence-electron chi connectivity index (χ1n) is 9.53. The van der Waals surface area contributed by atoms with Crippen molar-refractivity contribution in [2.45, 2.75) is 20.5 Å². The molecule has 152 valence electrons. The minimum absolute atomic E-state index is 0.194. The fraction of sp³-hybridized carbons (Fsp3) is 0.160. The van der Waals surface area contributed by atoms with Gasteiger partial charge in [0.05, 0.1) is 23.3 Å². The van der Waals surface area contributed by atoms with Crippen LogP contribution in [0.4, 0.5) is 4.39 Å². The van der Waals surface area contributed by atoms with E-state index in [1.807, 2.05) is 38.1 Å². The van der Waals surface area contributed by atoms with Crippen LogP contribution < -0.4 is 9.47 Å². The lowest BCUT2D eigenvalue weighted by molar-refractivity contribution is 0.269. The lowest BCUT2D eigenvalue weighted by Gasteiger charge is -2.15. The van der Waals surface area contributed by atoms with Crippen molar-refractivity contribution >= 4 is 23.3 Å². The van der Waals surface area contributed by atoms with Crippen LogP contribution in [0.1, 0.15) is 29.2 Å². The van der Waals surface area contributed by atoms with E-state index in [1.165, 1.54) is 11.6 Å². The number of hydrogen-bond acceptors (Lipinski definition) is 3. The Kier molecular flexibility index (Phi) is 7.11. The summed E-state index contributed by atoms with van der Waals surface area (Å²) >= 11 is 6.47. The topological polar surface area (TPSA) is 42.2 Å². The molecule has 0 saturated heterocycles. The van der Waals surface area contributed by atoms with Crippen LogP contribution in [0.5, 0.6) is 11.5 Å². The van der Waals surface area contributed by atoms with Crippen molar-refractivity contribution in [1.29, 1.82) is 5.26 Å². The smallest absolute Gasteiger partial charge is 0.180 e. The van der Waals surface area contributed by atoms with Crippen LogP contribution in [0.25, 0.3) is 11.6 Å². The highest BCUT2D eigenvalue weighted by atomic mass is 35.5. The molecule has 0 unspecified atom stereocenters. The normalized spacial score (nSPS) is 11.1. The second-order valence-electron chi connectivity index (χ2n) is 6.69. The van der Waals surface area contributed by atoms with E-state index in [2.05, 4.69) is 6.07 Å². The first-order valence-corrected chi connectivity index (χ1v) is 9.91. The zero-order valence-electron chi connectivity index (χ0n) is 16.8. The molecule has 0 aliphatic heterocycles. The highest BCUT2D eigenvalue weighted by Crippen LogP contribution is 2.38. The number of nitriles is 1. The van der Waals surface area contributed by atoms with Gasteiger partial charge in [-0.2, -0.15) is 5.26 Å². The Balaban J connectivity index is 1.93. The van der Waals surface area contributed by atoms with E-state index in [-0.39, 0.29) is 11.1 Å². The van der Waals surface area contributed by atoms with Crippen molar-refractivity contribution in [3.63, 3.8) is 0 Å². The standard InChI is InChI=1S/C25H21ClFNO2/c1-3-29-24-14-19(12-20(15-28)21-6-4-5-7-23(21)27)13-22(26)25(24)30-16-18-10-8-17(2)9-11-18/h4-14H,3,16H2,1-2H3/b20-12-. The summed E-state index contributed by atoms with van der Waals surface area (Å²) in [5, 5.41) is 9.87. The van der Waals surface area contributed by atoms with Crippen LogP contribution in [0.15, 0.2) is 60.7 Å². The summed E-state index contributed by atoms with van der Waals surface area (Å²) in [5.74, 6) is 0.439. The van der Waals surface area contributed by atoms with Crippen molar-refractivity contribution in [2.24, 2.45) is 0 Å². The Labute approximate surface area is 180 Å². The molecule has 0 radical (unpaired) electrons. The Morgan fingerprint density at radius 2 is 1.83 bits per heavy atom. The van der Waals surface area contributed by atoms with Gasteiger partial charge in [-0.25, -0.2) is 4.39 Å². The number of rotatable bonds is 7. The maximum absolute atomic E-state index is 14.1. The molecule has 30 heavy (non-hydrogen) atoms. The number of allylic oxidation sites excluding steroid dienone is 1. The van der Waals surface area contributed by atoms with Crippen LogP contribution in [-0.2, 0) is 6.61 Å². The molecule has 5 heteroatoms. The van der Waals surface area contributed by atoms with E-state index in [0.29, 0.717) is 35.3 Å². The lowest BCUT2D eigenvalue weighted by Crippen LogP contribution is -2.01. The molecule has 0 bridgehead atoms. The second-order valence-corrected chi connectivity index (χ2v) is 7.09. The molecule has 0 aliphatic carbocycles. The molecule has 0 aliphatic rings. The zero-order chi connectivity index (χ0) is 21.5. The Hall–Kier alpha value is -3.29. The van der Waals surface area contributed by atoms with Crippen LogP contribution in [0.2, 0.25) is 5.02 Å². The highest BCUT2D eigenvalue weighted by Gasteiger charge is 2.14. The fourth-order valence-electron chi connectivity index (χ4n) is 2.93. The van der Waals surface area contributed by atoms with Crippen molar-refractivity contribution in [1.82, 2.24) is 0 Å². The molecule has 0 amide bonds. The molecule has 0 saturated carbocycles. The van der Waals surface area contributed by atoms with Gasteiger partial charge in [-0.05, 0) is 49.2 Å². The lowest BCUT2D eigenvalue weighted by atomic mass is 10.0. The quantitative estimate of drug-likeness (QED) is 0.310. The third-order valence-electron chi connectivity index (χ3n) is 4.43. The van der Waals surface area contributed by atoms with Crippen LogP contribution in [-0.4, -0.2) is 6.61 Å². The minimum Gasteiger partial charge on any atom is -0.490 e. The Morgan fingerprint density at radius 1 is 1.10 bits per heavy atom. The predicted molar refractivity (Wildman–Crippen MR) is 118 cm³/mol. The number of aryl methyl sites for hydroxylation is 1. The van der Waals surface area contributed by atoms with E-state index in [1.54, 1.807) is 36.4 Å². The molecule has 0 atom stereocenters. The molecule has 0 spiro atoms. The first kappa shape index (κ1) is 21.4. The second kappa shape index (κ2) is 9.96. The first-order chi connectivity index (χ1) is 14.5. The summed E-state index contributed by atoms with van der Waals surface area (Å²) in [6.45, 7) is 4.65. The monoisotopic (exact) mass is 421 g/mol. The summed E-state index contributed by atoms with van der Waals surface area (Å²) in [6, 6.07) is 19.6. The summed E-state index contributed by atoms with van der Waals surface area (Å²) in [4.78, 5) is 0. The van der Waals surface area contributed by atoms with Gasteiger partial charge in [-0.3, -0.25) is 0 Å². The van der Waals surface area contributed by atoms with Crippen molar-refractivity contribution in [2.75, 3.05) is 6.61 Å². The van der Waals surface area contributed by atoms with Gasteiger partial charge in [0, 0.05) is 5.56 Å². The summed E-state index contributed by atoms with van der Waals surface area (Å²) in [7, 11) is 0. The summed E-state index contributed by atoms with van der Waals surface area (Å²) in [6.07, 6.45) is 1.58. The van der Waals surface area contributed by atoms with Crippen molar-refractivity contribution in [3.8, 4) is 17.6 Å². The Bertz CT molecular complexity index is 1100. The van der Waals surface area contributed by atoms with E-state index in [0.717, 1.165) is 5.56 Å². The minimum atomic E-state index is -0.459. The SMILES string of the molecule is CCOc1cc(/C=C(/C#N)c2ccccc2F)cc(Cl)c1OCc1ccc(C)cc1. The molecule has 0 aromatic heterocycles. The zero-order valence-corrected chi connectivity index (χ0v) is 17.5. The average Bonchev–Trinajstić information content (AvgIpc) is 2.73. The molecule has 3 nitrogen and oxygen atoms in total. The van der Waals surface area contributed by atoms with Crippen molar-refractivity contribution in [3.05, 3.63) is 93.8 Å². The van der Waals surface area contributed by atoms with E-state index in [9.17, 15) is 9.65 Å². The summed E-state index contributed by atoms with van der Waals surface area (Å²) in [5.41, 5.74) is 3.22. The maximum atomic E-state index is 14.1. The largest absolute Gasteiger partial charge is 0.490 e. The van der Waals surface area contributed by atoms with Gasteiger partial charge < -0.3 is 9.47 Å². The molecule has 0 heterocycles. The fourth-order valence-corrected chi connectivity index (χ4v) is 3.20. The van der Waals surface area contributed by atoms with E-state index < -0.39 is 5.82 Å². The average molecular weight is 422 g/mol. The number of ether oxygens (including phenoxy) is 2. The highest BCUT2D eigenvalue weighted by molar-refractivity contribution is 6.32. The molecule has 3 aromatic rings. The van der Waals surface area contributed by atoms with Crippen LogP contribution >= 0.6 is 11.6 Å². The van der Waals surface area contributed by atoms with E-state index in [4.69, 9.17) is 21.1 Å². The van der Waals surface area contributed by atoms with Gasteiger partial charge in [0.25, 0.3) is 0 Å². The molecule has 0 N–H and O–H groups in total. The molecule has 0 fully saturated rings. The van der Waals surface area contributed by atoms with Gasteiger partial charge in [0.15, 0.2) is 11.5 Å².